The van der Waals surface area contributed by atoms with Crippen molar-refractivity contribution >= 4 is 5.97 Å². The van der Waals surface area contributed by atoms with Crippen LogP contribution in [0.3, 0.4) is 0 Å². The van der Waals surface area contributed by atoms with Gasteiger partial charge in [0.15, 0.2) is 0 Å². The lowest BCUT2D eigenvalue weighted by molar-refractivity contribution is -0.144. The smallest absolute Gasteiger partial charge is 0.313 e. The molecule has 0 amide bonds. The van der Waals surface area contributed by atoms with Crippen LogP contribution in [0.25, 0.3) is 0 Å². The molecule has 2 aliphatic rings. The first-order valence-electron chi connectivity index (χ1n) is 7.74. The Bertz CT molecular complexity index is 532. The second kappa shape index (κ2) is 6.06. The number of fused-ring (bicyclic) bond motifs is 1. The molecule has 1 saturated heterocycles. The summed E-state index contributed by atoms with van der Waals surface area (Å²) < 4.78 is 16.5. The fourth-order valence-electron chi connectivity index (χ4n) is 3.54. The Kier molecular flexibility index (Phi) is 4.15. The molecule has 114 valence electrons. The van der Waals surface area contributed by atoms with Gasteiger partial charge in [-0.25, -0.2) is 0 Å². The largest absolute Gasteiger partial charge is 0.496 e. The fraction of sp³-hybridized carbons (Fsp3) is 0.588. The van der Waals surface area contributed by atoms with Crippen LogP contribution in [0, 0.1) is 0 Å². The minimum atomic E-state index is -0.198. The van der Waals surface area contributed by atoms with E-state index in [1.807, 2.05) is 13.0 Å². The average molecular weight is 290 g/mol. The van der Waals surface area contributed by atoms with Crippen LogP contribution < -0.4 is 4.74 Å². The van der Waals surface area contributed by atoms with Crippen LogP contribution in [0.4, 0.5) is 0 Å². The molecule has 4 nitrogen and oxygen atoms in total. The highest BCUT2D eigenvalue weighted by molar-refractivity contribution is 5.81. The van der Waals surface area contributed by atoms with Crippen molar-refractivity contribution in [2.75, 3.05) is 20.3 Å². The van der Waals surface area contributed by atoms with Gasteiger partial charge < -0.3 is 14.2 Å². The van der Waals surface area contributed by atoms with Crippen molar-refractivity contribution in [1.82, 2.24) is 0 Å². The molecule has 4 heteroatoms. The van der Waals surface area contributed by atoms with Crippen LogP contribution >= 0.6 is 0 Å². The van der Waals surface area contributed by atoms with E-state index < -0.39 is 0 Å². The lowest BCUT2D eigenvalue weighted by Crippen LogP contribution is -2.14. The molecule has 2 unspecified atom stereocenters. The Morgan fingerprint density at radius 3 is 2.90 bits per heavy atom. The number of carbonyl (C=O) groups excluding carboxylic acids is 1. The van der Waals surface area contributed by atoms with E-state index in [1.54, 1.807) is 7.11 Å². The third-order valence-corrected chi connectivity index (χ3v) is 4.45. The monoisotopic (exact) mass is 290 g/mol. The quantitative estimate of drug-likeness (QED) is 0.799. The summed E-state index contributed by atoms with van der Waals surface area (Å²) in [5.41, 5.74) is 3.48. The van der Waals surface area contributed by atoms with E-state index in [0.717, 1.165) is 43.6 Å². The van der Waals surface area contributed by atoms with Crippen molar-refractivity contribution in [3.8, 4) is 5.75 Å². The highest BCUT2D eigenvalue weighted by atomic mass is 16.5. The van der Waals surface area contributed by atoms with E-state index in [9.17, 15) is 4.79 Å². The van der Waals surface area contributed by atoms with Gasteiger partial charge in [-0.1, -0.05) is 6.07 Å². The topological polar surface area (TPSA) is 44.8 Å². The first-order chi connectivity index (χ1) is 10.3. The number of esters is 1. The molecule has 1 aliphatic carbocycles. The molecular weight excluding hydrogens is 268 g/mol. The molecule has 1 aromatic carbocycles. The van der Waals surface area contributed by atoms with Crippen LogP contribution in [-0.4, -0.2) is 26.3 Å². The van der Waals surface area contributed by atoms with Crippen molar-refractivity contribution in [3.05, 3.63) is 28.8 Å². The van der Waals surface area contributed by atoms with Crippen LogP contribution in [0.1, 0.15) is 54.9 Å². The first-order valence-corrected chi connectivity index (χ1v) is 7.74. The average Bonchev–Trinajstić information content (AvgIpc) is 3.16. The van der Waals surface area contributed by atoms with E-state index in [4.69, 9.17) is 14.2 Å². The summed E-state index contributed by atoms with van der Waals surface area (Å²) >= 11 is 0. The highest BCUT2D eigenvalue weighted by Gasteiger charge is 2.36. The summed E-state index contributed by atoms with van der Waals surface area (Å²) in [5, 5.41) is 0. The fourth-order valence-corrected chi connectivity index (χ4v) is 3.54. The number of rotatable bonds is 4. The normalized spacial score (nSPS) is 23.9. The molecule has 1 fully saturated rings. The van der Waals surface area contributed by atoms with Gasteiger partial charge in [0.25, 0.3) is 0 Å². The van der Waals surface area contributed by atoms with Gasteiger partial charge in [0.1, 0.15) is 5.75 Å². The second-order valence-corrected chi connectivity index (χ2v) is 5.59. The molecule has 21 heavy (non-hydrogen) atoms. The Morgan fingerprint density at radius 2 is 2.24 bits per heavy atom. The Morgan fingerprint density at radius 1 is 1.38 bits per heavy atom. The molecule has 0 spiro atoms. The van der Waals surface area contributed by atoms with Crippen LogP contribution in [-0.2, 0) is 20.7 Å². The molecule has 0 aromatic heterocycles. The van der Waals surface area contributed by atoms with E-state index in [1.165, 1.54) is 11.1 Å². The summed E-state index contributed by atoms with van der Waals surface area (Å²) in [7, 11) is 1.65. The number of methoxy groups -OCH3 is 1. The standard InChI is InChI=1S/C17H22O4/c1-3-20-17(18)13-7-6-12-11(14-5-4-10-21-14)8-9-15(19-2)16(12)13/h8-9,13-14H,3-7,10H2,1-2H3. The van der Waals surface area contributed by atoms with Crippen molar-refractivity contribution < 1.29 is 19.0 Å². The SMILES string of the molecule is CCOC(=O)C1CCc2c(C3CCCO3)ccc(OC)c21. The van der Waals surface area contributed by atoms with Crippen LogP contribution in [0.5, 0.6) is 5.75 Å². The molecule has 0 radical (unpaired) electrons. The van der Waals surface area contributed by atoms with Gasteiger partial charge in [0.05, 0.1) is 25.7 Å². The second-order valence-electron chi connectivity index (χ2n) is 5.59. The Labute approximate surface area is 125 Å². The van der Waals surface area contributed by atoms with Gasteiger partial charge in [-0.3, -0.25) is 4.79 Å². The van der Waals surface area contributed by atoms with Gasteiger partial charge in [-0.2, -0.15) is 0 Å². The Hall–Kier alpha value is -1.55. The molecule has 1 aromatic rings. The van der Waals surface area contributed by atoms with Gasteiger partial charge in [0.2, 0.25) is 0 Å². The predicted octanol–water partition coefficient (Wildman–Crippen LogP) is 3.14. The third-order valence-electron chi connectivity index (χ3n) is 4.45. The van der Waals surface area contributed by atoms with Crippen molar-refractivity contribution in [2.45, 2.75) is 44.6 Å². The third kappa shape index (κ3) is 2.53. The van der Waals surface area contributed by atoms with Gasteiger partial charge >= 0.3 is 5.97 Å². The number of hydrogen-bond acceptors (Lipinski definition) is 4. The van der Waals surface area contributed by atoms with E-state index in [2.05, 4.69) is 6.07 Å². The number of hydrogen-bond donors (Lipinski definition) is 0. The zero-order valence-corrected chi connectivity index (χ0v) is 12.7. The summed E-state index contributed by atoms with van der Waals surface area (Å²) in [6.07, 6.45) is 4.03. The number of benzene rings is 1. The Balaban J connectivity index is 2.00. The minimum Gasteiger partial charge on any atom is -0.496 e. The van der Waals surface area contributed by atoms with Gasteiger partial charge in [-0.05, 0) is 49.8 Å². The van der Waals surface area contributed by atoms with Crippen molar-refractivity contribution in [2.24, 2.45) is 0 Å². The molecule has 0 bridgehead atoms. The zero-order chi connectivity index (χ0) is 14.8. The van der Waals surface area contributed by atoms with E-state index in [-0.39, 0.29) is 18.0 Å². The summed E-state index contributed by atoms with van der Waals surface area (Å²) in [4.78, 5) is 12.2. The molecule has 3 rings (SSSR count). The van der Waals surface area contributed by atoms with E-state index in [0.29, 0.717) is 6.61 Å². The predicted molar refractivity (Wildman–Crippen MR) is 78.6 cm³/mol. The first kappa shape index (κ1) is 14.4. The lowest BCUT2D eigenvalue weighted by atomic mass is 9.94. The van der Waals surface area contributed by atoms with Crippen molar-refractivity contribution in [3.63, 3.8) is 0 Å². The molecule has 1 aliphatic heterocycles. The van der Waals surface area contributed by atoms with Gasteiger partial charge in [0, 0.05) is 12.2 Å². The molecule has 0 saturated carbocycles. The van der Waals surface area contributed by atoms with Gasteiger partial charge in [-0.15, -0.1) is 0 Å². The lowest BCUT2D eigenvalue weighted by Gasteiger charge is -2.18. The van der Waals surface area contributed by atoms with Crippen LogP contribution in [0.15, 0.2) is 12.1 Å². The number of ether oxygens (including phenoxy) is 3. The van der Waals surface area contributed by atoms with Crippen LogP contribution in [0.2, 0.25) is 0 Å². The highest BCUT2D eigenvalue weighted by Crippen LogP contribution is 2.45. The van der Waals surface area contributed by atoms with Crippen molar-refractivity contribution in [1.29, 1.82) is 0 Å². The summed E-state index contributed by atoms with van der Waals surface area (Å²) in [6.45, 7) is 3.08. The zero-order valence-electron chi connectivity index (χ0n) is 12.7. The number of carbonyl (C=O) groups is 1. The van der Waals surface area contributed by atoms with E-state index >= 15 is 0 Å². The maximum Gasteiger partial charge on any atom is 0.313 e. The molecule has 1 heterocycles. The molecule has 2 atom stereocenters. The minimum absolute atomic E-state index is 0.140. The maximum absolute atomic E-state index is 12.2. The maximum atomic E-state index is 12.2. The molecular formula is C17H22O4. The summed E-state index contributed by atoms with van der Waals surface area (Å²) in [5.74, 6) is 0.456. The molecule has 0 N–H and O–H groups in total. The summed E-state index contributed by atoms with van der Waals surface area (Å²) in [6, 6.07) is 4.06.